The Kier molecular flexibility index (Phi) is 4.10. The van der Waals surface area contributed by atoms with Gasteiger partial charge in [-0.1, -0.05) is 17.7 Å². The van der Waals surface area contributed by atoms with Crippen molar-refractivity contribution >= 4 is 11.6 Å². The van der Waals surface area contributed by atoms with Gasteiger partial charge in [-0.05, 0) is 47.7 Å². The molecule has 1 unspecified atom stereocenters. The number of nitrogens with two attached hydrogens (primary N) is 1. The molecule has 3 N–H and O–H groups in total. The fourth-order valence-corrected chi connectivity index (χ4v) is 3.02. The minimum Gasteiger partial charge on any atom is -0.493 e. The topological polar surface area (TPSA) is 60.2 Å². The largest absolute Gasteiger partial charge is 0.493 e. The summed E-state index contributed by atoms with van der Waals surface area (Å²) in [6.07, 6.45) is 5.29. The number of fused-ring (bicyclic) bond motifs is 1. The average molecular weight is 304 g/mol. The highest BCUT2D eigenvalue weighted by Gasteiger charge is 2.21. The highest BCUT2D eigenvalue weighted by atomic mass is 35.5. The maximum atomic E-state index is 6.21. The molecule has 1 aliphatic rings. The van der Waals surface area contributed by atoms with Crippen LogP contribution in [-0.2, 0) is 12.8 Å². The van der Waals surface area contributed by atoms with Gasteiger partial charge < -0.3 is 4.74 Å². The van der Waals surface area contributed by atoms with Crippen molar-refractivity contribution in [3.63, 3.8) is 0 Å². The zero-order chi connectivity index (χ0) is 14.8. The Bertz CT molecular complexity index is 660. The molecule has 0 radical (unpaired) electrons. The number of pyridine rings is 1. The first-order valence-corrected chi connectivity index (χ1v) is 7.37. The molecule has 0 bridgehead atoms. The van der Waals surface area contributed by atoms with E-state index in [0.29, 0.717) is 6.42 Å². The Morgan fingerprint density at radius 1 is 1.38 bits per heavy atom. The van der Waals surface area contributed by atoms with E-state index < -0.39 is 0 Å². The minimum atomic E-state index is -0.0239. The summed E-state index contributed by atoms with van der Waals surface area (Å²) in [5, 5.41) is 0.743. The van der Waals surface area contributed by atoms with Crippen LogP contribution in [0.15, 0.2) is 30.6 Å². The fourth-order valence-electron chi connectivity index (χ4n) is 2.76. The number of aryl methyl sites for hydroxylation is 1. The van der Waals surface area contributed by atoms with Crippen molar-refractivity contribution in [3.05, 3.63) is 57.9 Å². The molecule has 0 amide bonds. The third-order valence-electron chi connectivity index (χ3n) is 3.75. The molecule has 1 aromatic heterocycles. The molecule has 4 nitrogen and oxygen atoms in total. The SMILES string of the molecule is Cc1cncc(C(Cc2cc(Cl)cc3c2OCC3)NN)c1. The van der Waals surface area contributed by atoms with Crippen molar-refractivity contribution in [2.75, 3.05) is 6.61 Å². The third-order valence-corrected chi connectivity index (χ3v) is 3.97. The summed E-state index contributed by atoms with van der Waals surface area (Å²) in [6.45, 7) is 2.74. The van der Waals surface area contributed by atoms with Crippen molar-refractivity contribution in [2.24, 2.45) is 5.84 Å². The molecule has 3 rings (SSSR count). The van der Waals surface area contributed by atoms with Crippen LogP contribution in [0.3, 0.4) is 0 Å². The molecule has 21 heavy (non-hydrogen) atoms. The van der Waals surface area contributed by atoms with E-state index in [2.05, 4.69) is 16.5 Å². The van der Waals surface area contributed by atoms with Crippen LogP contribution < -0.4 is 16.0 Å². The molecular formula is C16H18ClN3O. The molecule has 0 spiro atoms. The lowest BCUT2D eigenvalue weighted by molar-refractivity contribution is 0.351. The molecule has 0 saturated carbocycles. The quantitative estimate of drug-likeness (QED) is 0.673. The summed E-state index contributed by atoms with van der Waals surface area (Å²) in [6, 6.07) is 6.00. The fraction of sp³-hybridized carbons (Fsp3) is 0.312. The van der Waals surface area contributed by atoms with Gasteiger partial charge in [-0.15, -0.1) is 0 Å². The maximum Gasteiger partial charge on any atom is 0.125 e. The van der Waals surface area contributed by atoms with Gasteiger partial charge in [0.05, 0.1) is 12.6 Å². The summed E-state index contributed by atoms with van der Waals surface area (Å²) < 4.78 is 5.75. The molecule has 110 valence electrons. The van der Waals surface area contributed by atoms with Crippen LogP contribution in [0.5, 0.6) is 5.75 Å². The van der Waals surface area contributed by atoms with Crippen LogP contribution in [0.25, 0.3) is 0 Å². The number of hydrogen-bond acceptors (Lipinski definition) is 4. The van der Waals surface area contributed by atoms with E-state index in [0.717, 1.165) is 40.5 Å². The van der Waals surface area contributed by atoms with Crippen LogP contribution in [-0.4, -0.2) is 11.6 Å². The van der Waals surface area contributed by atoms with Crippen molar-refractivity contribution in [1.29, 1.82) is 0 Å². The number of ether oxygens (including phenoxy) is 1. The molecule has 2 aromatic rings. The molecule has 0 aliphatic carbocycles. The lowest BCUT2D eigenvalue weighted by atomic mass is 9.97. The summed E-state index contributed by atoms with van der Waals surface area (Å²) in [4.78, 5) is 4.23. The Morgan fingerprint density at radius 3 is 3.00 bits per heavy atom. The van der Waals surface area contributed by atoms with Crippen LogP contribution in [0, 0.1) is 6.92 Å². The zero-order valence-electron chi connectivity index (χ0n) is 11.9. The second-order valence-electron chi connectivity index (χ2n) is 5.37. The van der Waals surface area contributed by atoms with E-state index in [4.69, 9.17) is 22.2 Å². The van der Waals surface area contributed by atoms with E-state index in [1.165, 1.54) is 5.56 Å². The number of halogens is 1. The van der Waals surface area contributed by atoms with Crippen molar-refractivity contribution in [1.82, 2.24) is 10.4 Å². The minimum absolute atomic E-state index is 0.0239. The molecule has 0 fully saturated rings. The Hall–Kier alpha value is -1.62. The van der Waals surface area contributed by atoms with Gasteiger partial charge in [0.25, 0.3) is 0 Å². The predicted molar refractivity (Wildman–Crippen MR) is 83.4 cm³/mol. The van der Waals surface area contributed by atoms with Crippen LogP contribution in [0.4, 0.5) is 0 Å². The van der Waals surface area contributed by atoms with Crippen LogP contribution in [0.2, 0.25) is 5.02 Å². The first-order valence-electron chi connectivity index (χ1n) is 6.99. The highest BCUT2D eigenvalue weighted by molar-refractivity contribution is 6.30. The lowest BCUT2D eigenvalue weighted by Gasteiger charge is -2.18. The van der Waals surface area contributed by atoms with Crippen molar-refractivity contribution in [3.8, 4) is 5.75 Å². The number of benzene rings is 1. The average Bonchev–Trinajstić information content (AvgIpc) is 2.92. The van der Waals surface area contributed by atoms with Gasteiger partial charge in [0.15, 0.2) is 0 Å². The number of rotatable bonds is 4. The second kappa shape index (κ2) is 6.02. The third kappa shape index (κ3) is 3.02. The number of aromatic nitrogens is 1. The lowest BCUT2D eigenvalue weighted by Crippen LogP contribution is -2.29. The Labute approximate surface area is 129 Å². The van der Waals surface area contributed by atoms with Gasteiger partial charge >= 0.3 is 0 Å². The Balaban J connectivity index is 1.91. The predicted octanol–water partition coefficient (Wildman–Crippen LogP) is 2.73. The number of hydrazine groups is 1. The molecule has 1 aromatic carbocycles. The van der Waals surface area contributed by atoms with E-state index in [9.17, 15) is 0 Å². The summed E-state index contributed by atoms with van der Waals surface area (Å²) in [5.74, 6) is 6.69. The van der Waals surface area contributed by atoms with Gasteiger partial charge in [-0.2, -0.15) is 0 Å². The van der Waals surface area contributed by atoms with Crippen LogP contribution >= 0.6 is 11.6 Å². The molecule has 0 saturated heterocycles. The molecule has 1 aliphatic heterocycles. The molecular weight excluding hydrogens is 286 g/mol. The van der Waals surface area contributed by atoms with Gasteiger partial charge in [0.1, 0.15) is 5.75 Å². The first kappa shape index (κ1) is 14.3. The first-order chi connectivity index (χ1) is 10.2. The molecule has 5 heteroatoms. The Morgan fingerprint density at radius 2 is 2.24 bits per heavy atom. The van der Waals surface area contributed by atoms with Crippen LogP contribution in [0.1, 0.15) is 28.3 Å². The monoisotopic (exact) mass is 303 g/mol. The molecule has 2 heterocycles. The normalized spacial score (nSPS) is 14.6. The summed E-state index contributed by atoms with van der Waals surface area (Å²) >= 11 is 6.21. The van der Waals surface area contributed by atoms with Crippen molar-refractivity contribution in [2.45, 2.75) is 25.8 Å². The smallest absolute Gasteiger partial charge is 0.125 e. The number of nitrogens with one attached hydrogen (secondary N) is 1. The standard InChI is InChI=1S/C16H18ClN3O/c1-10-4-13(9-19-8-10)15(20-18)7-12-6-14(17)5-11-2-3-21-16(11)12/h4-6,8-9,15,20H,2-3,7,18H2,1H3. The van der Waals surface area contributed by atoms with E-state index >= 15 is 0 Å². The van der Waals surface area contributed by atoms with Gasteiger partial charge in [0, 0.05) is 23.8 Å². The number of hydrogen-bond donors (Lipinski definition) is 2. The zero-order valence-corrected chi connectivity index (χ0v) is 12.7. The van der Waals surface area contributed by atoms with E-state index in [1.807, 2.05) is 31.5 Å². The number of nitrogens with zero attached hydrogens (tertiary/aromatic N) is 1. The summed E-state index contributed by atoms with van der Waals surface area (Å²) in [7, 11) is 0. The molecule has 1 atom stereocenters. The van der Waals surface area contributed by atoms with Gasteiger partial charge in [-0.3, -0.25) is 16.3 Å². The van der Waals surface area contributed by atoms with Gasteiger partial charge in [0.2, 0.25) is 0 Å². The maximum absolute atomic E-state index is 6.21. The van der Waals surface area contributed by atoms with Gasteiger partial charge in [-0.25, -0.2) is 0 Å². The highest BCUT2D eigenvalue weighted by Crippen LogP contribution is 2.35. The summed E-state index contributed by atoms with van der Waals surface area (Å²) in [5.41, 5.74) is 7.30. The van der Waals surface area contributed by atoms with Crippen molar-refractivity contribution < 1.29 is 4.74 Å². The van der Waals surface area contributed by atoms with E-state index in [-0.39, 0.29) is 6.04 Å². The second-order valence-corrected chi connectivity index (χ2v) is 5.81. The van der Waals surface area contributed by atoms with E-state index in [1.54, 1.807) is 0 Å².